The Kier molecular flexibility index (Phi) is 8.92. The normalized spacial score (nSPS) is 14.5. The molecular formula is C20H42O4. The van der Waals surface area contributed by atoms with Crippen LogP contribution < -0.4 is 0 Å². The van der Waals surface area contributed by atoms with Crippen molar-refractivity contribution in [3.8, 4) is 0 Å². The zero-order valence-electron chi connectivity index (χ0n) is 18.0. The van der Waals surface area contributed by atoms with Gasteiger partial charge in [-0.05, 0) is 76.2 Å². The van der Waals surface area contributed by atoms with Crippen LogP contribution in [0.1, 0.15) is 76.2 Å². The quantitative estimate of drug-likeness (QED) is 0.598. The van der Waals surface area contributed by atoms with Crippen molar-refractivity contribution < 1.29 is 18.9 Å². The van der Waals surface area contributed by atoms with Gasteiger partial charge in [0.25, 0.3) is 0 Å². The van der Waals surface area contributed by atoms with E-state index in [2.05, 4.69) is 62.3 Å². The van der Waals surface area contributed by atoms with Gasteiger partial charge >= 0.3 is 0 Å². The van der Waals surface area contributed by atoms with Crippen LogP contribution in [0.2, 0.25) is 0 Å². The predicted molar refractivity (Wildman–Crippen MR) is 101 cm³/mol. The fourth-order valence-electron chi connectivity index (χ4n) is 1.70. The van der Waals surface area contributed by atoms with E-state index >= 15 is 0 Å². The third-order valence-corrected chi connectivity index (χ3v) is 3.16. The summed E-state index contributed by atoms with van der Waals surface area (Å²) in [7, 11) is 0. The Hall–Kier alpha value is -0.160. The van der Waals surface area contributed by atoms with Crippen LogP contribution in [0.3, 0.4) is 0 Å². The Morgan fingerprint density at radius 1 is 0.542 bits per heavy atom. The molecule has 0 aromatic carbocycles. The van der Waals surface area contributed by atoms with E-state index in [0.29, 0.717) is 26.4 Å². The molecule has 0 aliphatic rings. The second-order valence-corrected chi connectivity index (χ2v) is 10.1. The van der Waals surface area contributed by atoms with Crippen LogP contribution in [0.15, 0.2) is 0 Å². The molecule has 0 amide bonds. The number of hydrogen-bond acceptors (Lipinski definition) is 4. The summed E-state index contributed by atoms with van der Waals surface area (Å²) in [5.74, 6) is 0. The first-order valence-corrected chi connectivity index (χ1v) is 9.07. The van der Waals surface area contributed by atoms with Gasteiger partial charge in [0.1, 0.15) is 0 Å². The smallest absolute Gasteiger partial charge is 0.0638 e. The average molecular weight is 347 g/mol. The van der Waals surface area contributed by atoms with Gasteiger partial charge in [-0.25, -0.2) is 0 Å². The summed E-state index contributed by atoms with van der Waals surface area (Å²) in [5.41, 5.74) is -0.982. The minimum absolute atomic E-state index is 0.156. The van der Waals surface area contributed by atoms with Gasteiger partial charge in [-0.2, -0.15) is 0 Å². The molecule has 0 radical (unpaired) electrons. The van der Waals surface area contributed by atoms with E-state index in [0.717, 1.165) is 0 Å². The summed E-state index contributed by atoms with van der Waals surface area (Å²) in [5, 5.41) is 0. The van der Waals surface area contributed by atoms with E-state index in [1.807, 2.05) is 13.8 Å². The van der Waals surface area contributed by atoms with E-state index in [9.17, 15) is 0 Å². The predicted octanol–water partition coefficient (Wildman–Crippen LogP) is 4.84. The van der Waals surface area contributed by atoms with E-state index in [4.69, 9.17) is 18.9 Å². The molecule has 24 heavy (non-hydrogen) atoms. The van der Waals surface area contributed by atoms with Gasteiger partial charge < -0.3 is 18.9 Å². The molecule has 0 rings (SSSR count). The van der Waals surface area contributed by atoms with E-state index in [1.165, 1.54) is 0 Å². The first-order chi connectivity index (χ1) is 10.5. The lowest BCUT2D eigenvalue weighted by molar-refractivity contribution is -0.172. The molecule has 0 aliphatic heterocycles. The Balaban J connectivity index is 5.27. The van der Waals surface area contributed by atoms with Gasteiger partial charge in [0.2, 0.25) is 0 Å². The van der Waals surface area contributed by atoms with Crippen molar-refractivity contribution in [3.63, 3.8) is 0 Å². The van der Waals surface area contributed by atoms with Crippen LogP contribution in [-0.4, -0.2) is 49.3 Å². The van der Waals surface area contributed by atoms with Crippen molar-refractivity contribution in [1.29, 1.82) is 0 Å². The van der Waals surface area contributed by atoms with Crippen LogP contribution in [0.25, 0.3) is 0 Å². The zero-order chi connectivity index (χ0) is 19.2. The minimum atomic E-state index is -0.335. The SMILES string of the molecule is CC(C)OCC(COC(C)(C)C)(COC(C)(C)C)COC(C)(C)C. The summed E-state index contributed by atoms with van der Waals surface area (Å²) in [6.45, 7) is 24.8. The highest BCUT2D eigenvalue weighted by Crippen LogP contribution is 2.28. The average Bonchev–Trinajstić information content (AvgIpc) is 2.34. The van der Waals surface area contributed by atoms with Crippen molar-refractivity contribution in [2.24, 2.45) is 5.41 Å². The van der Waals surface area contributed by atoms with Crippen molar-refractivity contribution in [3.05, 3.63) is 0 Å². The minimum Gasteiger partial charge on any atom is -0.378 e. The molecule has 0 fully saturated rings. The Bertz CT molecular complexity index is 297. The molecular weight excluding hydrogens is 304 g/mol. The van der Waals surface area contributed by atoms with Gasteiger partial charge in [-0.3, -0.25) is 0 Å². The van der Waals surface area contributed by atoms with Crippen LogP contribution in [0.5, 0.6) is 0 Å². The standard InChI is InChI=1S/C20H42O4/c1-16(2)21-12-20(13-22-17(3,4)5,14-23-18(6,7)8)15-24-19(9,10)11/h16H,12-15H2,1-11H3. The van der Waals surface area contributed by atoms with E-state index < -0.39 is 0 Å². The van der Waals surface area contributed by atoms with Gasteiger partial charge in [-0.15, -0.1) is 0 Å². The number of hydrogen-bond donors (Lipinski definition) is 0. The second-order valence-electron chi connectivity index (χ2n) is 10.1. The summed E-state index contributed by atoms with van der Waals surface area (Å²) < 4.78 is 24.3. The zero-order valence-corrected chi connectivity index (χ0v) is 18.0. The maximum Gasteiger partial charge on any atom is 0.0638 e. The van der Waals surface area contributed by atoms with Crippen molar-refractivity contribution in [1.82, 2.24) is 0 Å². The van der Waals surface area contributed by atoms with Crippen LogP contribution in [0, 0.1) is 5.41 Å². The van der Waals surface area contributed by atoms with Crippen molar-refractivity contribution in [2.45, 2.75) is 99.1 Å². The molecule has 0 aliphatic carbocycles. The second kappa shape index (κ2) is 8.98. The highest BCUT2D eigenvalue weighted by molar-refractivity contribution is 4.83. The first kappa shape index (κ1) is 23.8. The topological polar surface area (TPSA) is 36.9 Å². The van der Waals surface area contributed by atoms with E-state index in [1.54, 1.807) is 0 Å². The summed E-state index contributed by atoms with van der Waals surface area (Å²) in [6.07, 6.45) is 0.156. The Labute approximate surface area is 150 Å². The molecule has 0 saturated heterocycles. The number of rotatable bonds is 9. The summed E-state index contributed by atoms with van der Waals surface area (Å²) in [6, 6.07) is 0. The van der Waals surface area contributed by atoms with Crippen molar-refractivity contribution >= 4 is 0 Å². The third kappa shape index (κ3) is 13.2. The molecule has 0 saturated carbocycles. The van der Waals surface area contributed by atoms with Gasteiger partial charge in [-0.1, -0.05) is 0 Å². The largest absolute Gasteiger partial charge is 0.378 e. The summed E-state index contributed by atoms with van der Waals surface area (Å²) >= 11 is 0. The lowest BCUT2D eigenvalue weighted by Crippen LogP contribution is -2.47. The third-order valence-electron chi connectivity index (χ3n) is 3.16. The van der Waals surface area contributed by atoms with Crippen LogP contribution in [0.4, 0.5) is 0 Å². The monoisotopic (exact) mass is 346 g/mol. The maximum absolute atomic E-state index is 6.12. The molecule has 4 heteroatoms. The lowest BCUT2D eigenvalue weighted by Gasteiger charge is -2.39. The molecule has 0 aromatic rings. The molecule has 0 N–H and O–H groups in total. The van der Waals surface area contributed by atoms with Crippen LogP contribution >= 0.6 is 0 Å². The molecule has 0 atom stereocenters. The van der Waals surface area contributed by atoms with E-state index in [-0.39, 0.29) is 28.3 Å². The van der Waals surface area contributed by atoms with Gasteiger partial charge in [0, 0.05) is 0 Å². The molecule has 0 aromatic heterocycles. The summed E-state index contributed by atoms with van der Waals surface area (Å²) in [4.78, 5) is 0. The molecule has 0 unspecified atom stereocenters. The molecule has 146 valence electrons. The Morgan fingerprint density at radius 3 is 1.04 bits per heavy atom. The fourth-order valence-corrected chi connectivity index (χ4v) is 1.70. The lowest BCUT2D eigenvalue weighted by atomic mass is 9.90. The highest BCUT2D eigenvalue weighted by Gasteiger charge is 2.37. The fraction of sp³-hybridized carbons (Fsp3) is 1.00. The Morgan fingerprint density at radius 2 is 0.833 bits per heavy atom. The molecule has 0 spiro atoms. The van der Waals surface area contributed by atoms with Crippen LogP contribution in [-0.2, 0) is 18.9 Å². The molecule has 0 heterocycles. The maximum atomic E-state index is 6.12. The first-order valence-electron chi connectivity index (χ1n) is 9.07. The molecule has 4 nitrogen and oxygen atoms in total. The van der Waals surface area contributed by atoms with Gasteiger partial charge in [0.15, 0.2) is 0 Å². The number of ether oxygens (including phenoxy) is 4. The highest BCUT2D eigenvalue weighted by atomic mass is 16.5. The molecule has 0 bridgehead atoms. The van der Waals surface area contributed by atoms with Crippen molar-refractivity contribution in [2.75, 3.05) is 26.4 Å². The van der Waals surface area contributed by atoms with Gasteiger partial charge in [0.05, 0.1) is 54.7 Å².